The van der Waals surface area contributed by atoms with Gasteiger partial charge >= 0.3 is 0 Å². The maximum Gasteiger partial charge on any atom is 0.222 e. The van der Waals surface area contributed by atoms with Crippen molar-refractivity contribution in [2.24, 2.45) is 0 Å². The fourth-order valence-corrected chi connectivity index (χ4v) is 2.34. The van der Waals surface area contributed by atoms with Crippen LogP contribution in [0.4, 0.5) is 0 Å². The van der Waals surface area contributed by atoms with Gasteiger partial charge in [0, 0.05) is 12.1 Å². The van der Waals surface area contributed by atoms with Crippen LogP contribution in [-0.4, -0.2) is 30.3 Å². The molecule has 0 aromatic rings. The Morgan fingerprint density at radius 3 is 2.38 bits per heavy atom. The van der Waals surface area contributed by atoms with E-state index in [0.29, 0.717) is 12.8 Å². The summed E-state index contributed by atoms with van der Waals surface area (Å²) in [6.45, 7) is 3.64. The number of halogens is 1. The van der Waals surface area contributed by atoms with Crippen LogP contribution in [0.25, 0.3) is 0 Å². The molecule has 0 fully saturated rings. The monoisotopic (exact) mass is 273 g/mol. The average Bonchev–Trinajstić information content (AvgIpc) is 2.04. The first-order valence-electron chi connectivity index (χ1n) is 4.07. The molecule has 0 heterocycles. The van der Waals surface area contributed by atoms with Crippen molar-refractivity contribution < 1.29 is 13.5 Å². The molecule has 1 atom stereocenters. The van der Waals surface area contributed by atoms with E-state index in [0.717, 1.165) is 0 Å². The lowest BCUT2D eigenvalue weighted by Gasteiger charge is -2.27. The molecule has 13 heavy (non-hydrogen) atoms. The molecule has 1 unspecified atom stereocenters. The first-order valence-corrected chi connectivity index (χ1v) is 6.85. The summed E-state index contributed by atoms with van der Waals surface area (Å²) < 4.78 is 24.8. The van der Waals surface area contributed by atoms with E-state index in [2.05, 4.69) is 20.7 Å². The third-order valence-corrected chi connectivity index (χ3v) is 4.89. The van der Waals surface area contributed by atoms with Crippen LogP contribution in [0.15, 0.2) is 0 Å². The summed E-state index contributed by atoms with van der Waals surface area (Å²) in [6.07, 6.45) is 1.08. The molecule has 4 nitrogen and oxygen atoms in total. The van der Waals surface area contributed by atoms with Crippen LogP contribution in [0.5, 0.6) is 0 Å². The summed E-state index contributed by atoms with van der Waals surface area (Å²) in [5.41, 5.74) is -0.540. The van der Waals surface area contributed by atoms with E-state index in [1.54, 1.807) is 6.92 Å². The van der Waals surface area contributed by atoms with Crippen molar-refractivity contribution in [3.63, 3.8) is 0 Å². The number of sulfonamides is 1. The van der Waals surface area contributed by atoms with Gasteiger partial charge in [-0.05, 0) is 19.8 Å². The minimum absolute atomic E-state index is 0.0187. The normalized spacial score (nSPS) is 16.9. The van der Waals surface area contributed by atoms with Crippen molar-refractivity contribution in [2.45, 2.75) is 32.2 Å². The van der Waals surface area contributed by atoms with Gasteiger partial charge in [0.15, 0.2) is 0 Å². The quantitative estimate of drug-likeness (QED) is 0.704. The van der Waals surface area contributed by atoms with E-state index in [-0.39, 0.29) is 11.3 Å². The minimum Gasteiger partial charge on any atom is -0.396 e. The van der Waals surface area contributed by atoms with E-state index in [4.69, 9.17) is 5.11 Å². The molecule has 0 aliphatic rings. The van der Waals surface area contributed by atoms with Crippen LogP contribution < -0.4 is 4.72 Å². The predicted octanol–water partition coefficient (Wildman–Crippen LogP) is 0.809. The third-order valence-electron chi connectivity index (χ3n) is 1.99. The molecule has 0 amide bonds. The van der Waals surface area contributed by atoms with E-state index in [1.807, 2.05) is 6.92 Å². The van der Waals surface area contributed by atoms with Gasteiger partial charge < -0.3 is 5.11 Å². The van der Waals surface area contributed by atoms with E-state index >= 15 is 0 Å². The highest BCUT2D eigenvalue weighted by Gasteiger charge is 2.26. The fraction of sp³-hybridized carbons (Fsp3) is 1.00. The number of hydrogen-bond acceptors (Lipinski definition) is 3. The molecule has 0 aromatic heterocycles. The van der Waals surface area contributed by atoms with Crippen molar-refractivity contribution in [1.82, 2.24) is 4.72 Å². The smallest absolute Gasteiger partial charge is 0.222 e. The highest BCUT2D eigenvalue weighted by Crippen LogP contribution is 2.15. The average molecular weight is 274 g/mol. The summed E-state index contributed by atoms with van der Waals surface area (Å²) >= 11 is 2.89. The van der Waals surface area contributed by atoms with Gasteiger partial charge in [-0.25, -0.2) is 13.1 Å². The SMILES string of the molecule is CCC(C)(CCO)NS(=O)(=O)CBr. The van der Waals surface area contributed by atoms with Crippen LogP contribution in [0.3, 0.4) is 0 Å². The zero-order valence-corrected chi connectivity index (χ0v) is 10.3. The number of nitrogens with one attached hydrogen (secondary N) is 1. The van der Waals surface area contributed by atoms with Gasteiger partial charge in [0.05, 0.1) is 0 Å². The van der Waals surface area contributed by atoms with Crippen molar-refractivity contribution in [1.29, 1.82) is 0 Å². The second-order valence-electron chi connectivity index (χ2n) is 3.21. The van der Waals surface area contributed by atoms with Gasteiger partial charge in [0.25, 0.3) is 0 Å². The summed E-state index contributed by atoms with van der Waals surface area (Å²) in [4.78, 5) is 0. The second kappa shape index (κ2) is 5.29. The number of rotatable bonds is 6. The van der Waals surface area contributed by atoms with Gasteiger partial charge in [-0.3, -0.25) is 0 Å². The molecular weight excluding hydrogens is 258 g/mol. The van der Waals surface area contributed by atoms with Crippen molar-refractivity contribution >= 4 is 26.0 Å². The van der Waals surface area contributed by atoms with Gasteiger partial charge in [-0.2, -0.15) is 0 Å². The minimum atomic E-state index is -3.26. The number of aliphatic hydroxyl groups is 1. The molecule has 2 N–H and O–H groups in total. The Kier molecular flexibility index (Phi) is 5.43. The maximum absolute atomic E-state index is 11.2. The Morgan fingerprint density at radius 1 is 1.54 bits per heavy atom. The molecule has 0 aliphatic heterocycles. The molecule has 0 rings (SSSR count). The van der Waals surface area contributed by atoms with Crippen LogP contribution in [0, 0.1) is 0 Å². The lowest BCUT2D eigenvalue weighted by Crippen LogP contribution is -2.46. The zero-order valence-electron chi connectivity index (χ0n) is 7.88. The first kappa shape index (κ1) is 13.4. The largest absolute Gasteiger partial charge is 0.396 e. The first-order chi connectivity index (χ1) is 5.89. The molecule has 6 heteroatoms. The topological polar surface area (TPSA) is 66.4 Å². The fourth-order valence-electron chi connectivity index (χ4n) is 0.949. The van der Waals surface area contributed by atoms with Crippen LogP contribution >= 0.6 is 15.9 Å². The highest BCUT2D eigenvalue weighted by molar-refractivity contribution is 9.10. The molecular formula is C7H16BrNO3S. The molecule has 0 spiro atoms. The van der Waals surface area contributed by atoms with Gasteiger partial charge in [0.2, 0.25) is 10.0 Å². The Labute approximate surface area is 87.9 Å². The number of hydrogen-bond donors (Lipinski definition) is 2. The highest BCUT2D eigenvalue weighted by atomic mass is 79.9. The van der Waals surface area contributed by atoms with Gasteiger partial charge in [-0.15, -0.1) is 0 Å². The number of alkyl halides is 1. The molecule has 0 aromatic carbocycles. The van der Waals surface area contributed by atoms with Gasteiger partial charge in [0.1, 0.15) is 4.66 Å². The van der Waals surface area contributed by atoms with E-state index in [1.165, 1.54) is 0 Å². The predicted molar refractivity (Wildman–Crippen MR) is 56.2 cm³/mol. The standard InChI is InChI=1S/C7H16BrNO3S/c1-3-7(2,4-5-10)9-13(11,12)6-8/h9-10H,3-6H2,1-2H3. The summed E-state index contributed by atoms with van der Waals surface area (Å²) in [5.74, 6) is 0. The van der Waals surface area contributed by atoms with Crippen LogP contribution in [-0.2, 0) is 10.0 Å². The summed E-state index contributed by atoms with van der Waals surface area (Å²) in [7, 11) is -3.26. The second-order valence-corrected chi connectivity index (χ2v) is 6.24. The Bertz CT molecular complexity index is 242. The Balaban J connectivity index is 4.44. The lowest BCUT2D eigenvalue weighted by molar-refractivity contribution is 0.233. The maximum atomic E-state index is 11.2. The summed E-state index contributed by atoms with van der Waals surface area (Å²) in [6, 6.07) is 0. The molecule has 0 radical (unpaired) electrons. The summed E-state index contributed by atoms with van der Waals surface area (Å²) in [5, 5.41) is 8.76. The molecule has 0 saturated carbocycles. The van der Waals surface area contributed by atoms with E-state index < -0.39 is 15.6 Å². The lowest BCUT2D eigenvalue weighted by atomic mass is 9.97. The molecule has 0 bridgehead atoms. The Morgan fingerprint density at radius 2 is 2.08 bits per heavy atom. The molecule has 0 saturated heterocycles. The van der Waals surface area contributed by atoms with E-state index in [9.17, 15) is 8.42 Å². The van der Waals surface area contributed by atoms with Crippen molar-refractivity contribution in [2.75, 3.05) is 11.3 Å². The van der Waals surface area contributed by atoms with Crippen LogP contribution in [0.1, 0.15) is 26.7 Å². The Hall–Kier alpha value is 0.350. The van der Waals surface area contributed by atoms with Gasteiger partial charge in [-0.1, -0.05) is 22.9 Å². The molecule has 0 aliphatic carbocycles. The number of aliphatic hydroxyl groups excluding tert-OH is 1. The zero-order chi connectivity index (χ0) is 10.5. The van der Waals surface area contributed by atoms with Crippen LogP contribution in [0.2, 0.25) is 0 Å². The third kappa shape index (κ3) is 4.95. The van der Waals surface area contributed by atoms with Crippen molar-refractivity contribution in [3.05, 3.63) is 0 Å². The molecule has 80 valence electrons. The van der Waals surface area contributed by atoms with Crippen molar-refractivity contribution in [3.8, 4) is 0 Å².